The number of carbonyl (C=O) groups is 1. The van der Waals surface area contributed by atoms with E-state index in [4.69, 9.17) is 17.5 Å². The van der Waals surface area contributed by atoms with Crippen molar-refractivity contribution in [3.05, 3.63) is 40.4 Å². The van der Waals surface area contributed by atoms with E-state index in [1.54, 1.807) is 0 Å². The van der Waals surface area contributed by atoms with Crippen molar-refractivity contribution in [2.75, 3.05) is 6.54 Å². The standard InChI is InChI=1S/C16H18N6O3S2/c17-8-1-9-19-27(24,25)13-6-2-11(3-7-13)15(23)18-10-14-20-21-16(26)22(14)12-4-5-12/h2-3,6-7,12,19H,1,4-5,9-10H2,(H,18,23)(H,21,26). The zero-order valence-electron chi connectivity index (χ0n) is 14.3. The number of benzene rings is 1. The molecule has 1 aromatic carbocycles. The van der Waals surface area contributed by atoms with Crippen LogP contribution in [0.4, 0.5) is 0 Å². The molecule has 9 nitrogen and oxygen atoms in total. The summed E-state index contributed by atoms with van der Waals surface area (Å²) in [6.45, 7) is 0.259. The van der Waals surface area contributed by atoms with Crippen LogP contribution in [-0.4, -0.2) is 35.6 Å². The molecule has 142 valence electrons. The summed E-state index contributed by atoms with van der Waals surface area (Å²) >= 11 is 5.20. The van der Waals surface area contributed by atoms with Crippen molar-refractivity contribution in [2.45, 2.75) is 36.7 Å². The molecule has 2 aromatic rings. The van der Waals surface area contributed by atoms with E-state index < -0.39 is 10.0 Å². The SMILES string of the molecule is N#CCCNS(=O)(=O)c1ccc(C(=O)NCc2n[nH]c(=S)n2C2CC2)cc1. The van der Waals surface area contributed by atoms with E-state index in [1.165, 1.54) is 24.3 Å². The summed E-state index contributed by atoms with van der Waals surface area (Å²) in [4.78, 5) is 12.3. The fourth-order valence-corrected chi connectivity index (χ4v) is 3.87. The number of H-pyrrole nitrogens is 1. The van der Waals surface area contributed by atoms with E-state index >= 15 is 0 Å². The van der Waals surface area contributed by atoms with Gasteiger partial charge in [-0.15, -0.1) is 0 Å². The minimum Gasteiger partial charge on any atom is -0.345 e. The van der Waals surface area contributed by atoms with Crippen LogP contribution in [0.3, 0.4) is 0 Å². The van der Waals surface area contributed by atoms with E-state index in [9.17, 15) is 13.2 Å². The molecule has 0 atom stereocenters. The lowest BCUT2D eigenvalue weighted by molar-refractivity contribution is 0.0949. The van der Waals surface area contributed by atoms with Gasteiger partial charge in [-0.3, -0.25) is 14.5 Å². The molecule has 0 spiro atoms. The molecule has 1 saturated carbocycles. The molecule has 1 fully saturated rings. The number of sulfonamides is 1. The molecule has 1 heterocycles. The third-order valence-corrected chi connectivity index (χ3v) is 5.82. The van der Waals surface area contributed by atoms with Gasteiger partial charge in [0.1, 0.15) is 0 Å². The van der Waals surface area contributed by atoms with Gasteiger partial charge in [0.05, 0.1) is 17.5 Å². The number of nitrogens with zero attached hydrogens (tertiary/aromatic N) is 3. The van der Waals surface area contributed by atoms with Gasteiger partial charge in [-0.05, 0) is 49.3 Å². The Hall–Kier alpha value is -2.55. The van der Waals surface area contributed by atoms with Crippen LogP contribution in [0, 0.1) is 16.1 Å². The third-order valence-electron chi connectivity index (χ3n) is 4.05. The first-order valence-corrected chi connectivity index (χ1v) is 10.2. The predicted molar refractivity (Wildman–Crippen MR) is 98.7 cm³/mol. The predicted octanol–water partition coefficient (Wildman–Crippen LogP) is 1.40. The van der Waals surface area contributed by atoms with Crippen LogP contribution in [0.2, 0.25) is 0 Å². The number of carbonyl (C=O) groups excluding carboxylic acids is 1. The summed E-state index contributed by atoms with van der Waals surface area (Å²) in [5.41, 5.74) is 0.332. The highest BCUT2D eigenvalue weighted by Crippen LogP contribution is 2.35. The molecular weight excluding hydrogens is 388 g/mol. The molecule has 27 heavy (non-hydrogen) atoms. The van der Waals surface area contributed by atoms with Crippen molar-refractivity contribution in [1.82, 2.24) is 24.8 Å². The second kappa shape index (κ2) is 7.99. The number of rotatable bonds is 8. The zero-order chi connectivity index (χ0) is 19.4. The van der Waals surface area contributed by atoms with Crippen molar-refractivity contribution in [3.63, 3.8) is 0 Å². The van der Waals surface area contributed by atoms with Gasteiger partial charge in [-0.1, -0.05) is 0 Å². The number of aromatic nitrogens is 3. The van der Waals surface area contributed by atoms with Crippen LogP contribution in [0.1, 0.15) is 41.5 Å². The maximum atomic E-state index is 12.3. The minimum absolute atomic E-state index is 0.0339. The van der Waals surface area contributed by atoms with E-state index in [2.05, 4.69) is 20.2 Å². The maximum Gasteiger partial charge on any atom is 0.251 e. The Morgan fingerprint density at radius 3 is 2.70 bits per heavy atom. The first-order valence-electron chi connectivity index (χ1n) is 8.33. The van der Waals surface area contributed by atoms with Gasteiger partial charge in [-0.25, -0.2) is 13.1 Å². The maximum absolute atomic E-state index is 12.3. The molecule has 1 aromatic heterocycles. The van der Waals surface area contributed by atoms with Crippen molar-refractivity contribution >= 4 is 28.1 Å². The number of aromatic amines is 1. The van der Waals surface area contributed by atoms with E-state index in [1.807, 2.05) is 10.6 Å². The first-order chi connectivity index (χ1) is 12.9. The van der Waals surface area contributed by atoms with Crippen LogP contribution in [0.5, 0.6) is 0 Å². The summed E-state index contributed by atoms with van der Waals surface area (Å²) in [7, 11) is -3.70. The van der Waals surface area contributed by atoms with Crippen LogP contribution in [0.25, 0.3) is 0 Å². The quantitative estimate of drug-likeness (QED) is 0.448. The average Bonchev–Trinajstić information content (AvgIpc) is 3.42. The molecule has 3 N–H and O–H groups in total. The number of nitrogens with one attached hydrogen (secondary N) is 3. The third kappa shape index (κ3) is 4.60. The summed E-state index contributed by atoms with van der Waals surface area (Å²) in [5.74, 6) is 0.324. The second-order valence-corrected chi connectivity index (χ2v) is 8.21. The van der Waals surface area contributed by atoms with Crippen molar-refractivity contribution in [2.24, 2.45) is 0 Å². The lowest BCUT2D eigenvalue weighted by atomic mass is 10.2. The molecular formula is C16H18N6O3S2. The highest BCUT2D eigenvalue weighted by atomic mass is 32.2. The van der Waals surface area contributed by atoms with E-state index in [-0.39, 0.29) is 30.3 Å². The molecule has 0 aliphatic heterocycles. The molecule has 0 saturated heterocycles. The van der Waals surface area contributed by atoms with E-state index in [0.717, 1.165) is 12.8 Å². The summed E-state index contributed by atoms with van der Waals surface area (Å²) in [6, 6.07) is 7.79. The zero-order valence-corrected chi connectivity index (χ0v) is 15.9. The van der Waals surface area contributed by atoms with Crippen LogP contribution >= 0.6 is 12.2 Å². The van der Waals surface area contributed by atoms with Gasteiger partial charge in [0.15, 0.2) is 10.6 Å². The van der Waals surface area contributed by atoms with Gasteiger partial charge in [0.25, 0.3) is 5.91 Å². The molecule has 0 radical (unpaired) electrons. The second-order valence-electron chi connectivity index (χ2n) is 6.06. The average molecular weight is 406 g/mol. The van der Waals surface area contributed by atoms with Gasteiger partial charge < -0.3 is 5.32 Å². The number of nitriles is 1. The number of amides is 1. The Labute approximate surface area is 161 Å². The summed E-state index contributed by atoms with van der Waals surface area (Å²) < 4.78 is 28.9. The Balaban J connectivity index is 1.63. The number of hydrogen-bond acceptors (Lipinski definition) is 6. The summed E-state index contributed by atoms with van der Waals surface area (Å²) in [6.07, 6.45) is 2.18. The molecule has 3 rings (SSSR count). The Morgan fingerprint density at radius 1 is 1.37 bits per heavy atom. The first kappa shape index (κ1) is 19.2. The molecule has 11 heteroatoms. The van der Waals surface area contributed by atoms with Crippen molar-refractivity contribution in [3.8, 4) is 6.07 Å². The normalized spacial score (nSPS) is 13.9. The van der Waals surface area contributed by atoms with Gasteiger partial charge in [0.2, 0.25) is 10.0 Å². The smallest absolute Gasteiger partial charge is 0.251 e. The van der Waals surface area contributed by atoms with Crippen LogP contribution in [0.15, 0.2) is 29.2 Å². The Bertz CT molecular complexity index is 1030. The summed E-state index contributed by atoms with van der Waals surface area (Å²) in [5, 5.41) is 18.1. The van der Waals surface area contributed by atoms with Gasteiger partial charge in [0, 0.05) is 24.6 Å². The highest BCUT2D eigenvalue weighted by Gasteiger charge is 2.27. The lowest BCUT2D eigenvalue weighted by Crippen LogP contribution is -2.26. The van der Waals surface area contributed by atoms with E-state index in [0.29, 0.717) is 22.2 Å². The Morgan fingerprint density at radius 2 is 2.07 bits per heavy atom. The lowest BCUT2D eigenvalue weighted by Gasteiger charge is -2.08. The minimum atomic E-state index is -3.70. The molecule has 1 aliphatic rings. The van der Waals surface area contributed by atoms with Gasteiger partial charge in [-0.2, -0.15) is 10.4 Å². The topological polar surface area (TPSA) is 133 Å². The Kier molecular flexibility index (Phi) is 5.69. The highest BCUT2D eigenvalue weighted by molar-refractivity contribution is 7.89. The van der Waals surface area contributed by atoms with Crippen molar-refractivity contribution in [1.29, 1.82) is 5.26 Å². The fraction of sp³-hybridized carbons (Fsp3) is 0.375. The molecule has 0 bridgehead atoms. The molecule has 0 unspecified atom stereocenters. The van der Waals surface area contributed by atoms with Crippen LogP contribution in [-0.2, 0) is 16.6 Å². The molecule has 1 aliphatic carbocycles. The largest absolute Gasteiger partial charge is 0.345 e. The van der Waals surface area contributed by atoms with Crippen LogP contribution < -0.4 is 10.0 Å². The fourth-order valence-electron chi connectivity index (χ4n) is 2.54. The monoisotopic (exact) mass is 406 g/mol. The van der Waals surface area contributed by atoms with Crippen molar-refractivity contribution < 1.29 is 13.2 Å². The number of hydrogen-bond donors (Lipinski definition) is 3. The molecule has 1 amide bonds. The van der Waals surface area contributed by atoms with Gasteiger partial charge >= 0.3 is 0 Å².